The molecule has 1 saturated heterocycles. The molecule has 0 saturated carbocycles. The fourth-order valence-corrected chi connectivity index (χ4v) is 4.43. The van der Waals surface area contributed by atoms with E-state index < -0.39 is 5.97 Å². The second-order valence-electron chi connectivity index (χ2n) is 7.76. The number of imidazole rings is 1. The van der Waals surface area contributed by atoms with Crippen molar-refractivity contribution in [3.63, 3.8) is 0 Å². The van der Waals surface area contributed by atoms with Gasteiger partial charge >= 0.3 is 5.97 Å². The van der Waals surface area contributed by atoms with Crippen LogP contribution in [0.25, 0.3) is 11.4 Å². The first-order valence-electron chi connectivity index (χ1n) is 10.1. The van der Waals surface area contributed by atoms with Crippen LogP contribution >= 0.6 is 34.8 Å². The summed E-state index contributed by atoms with van der Waals surface area (Å²) < 4.78 is 1.61. The Morgan fingerprint density at radius 1 is 1.06 bits per heavy atom. The lowest BCUT2D eigenvalue weighted by Crippen LogP contribution is -2.35. The molecule has 7 nitrogen and oxygen atoms in total. The number of carboxylic acids is 1. The Morgan fingerprint density at radius 2 is 1.81 bits per heavy atom. The second-order valence-corrected chi connectivity index (χ2v) is 9.04. The number of pyridine rings is 1. The van der Waals surface area contributed by atoms with E-state index in [1.54, 1.807) is 35.0 Å². The number of hydrogen-bond acceptors (Lipinski definition) is 5. The first-order chi connectivity index (χ1) is 15.3. The van der Waals surface area contributed by atoms with Crippen LogP contribution in [0, 0.1) is 0 Å². The number of benzene rings is 1. The van der Waals surface area contributed by atoms with E-state index in [1.807, 2.05) is 0 Å². The van der Waals surface area contributed by atoms with Gasteiger partial charge in [-0.15, -0.1) is 0 Å². The van der Waals surface area contributed by atoms with E-state index >= 15 is 0 Å². The number of halogens is 3. The molecule has 1 fully saturated rings. The number of aliphatic hydroxyl groups is 1. The van der Waals surface area contributed by atoms with Crippen LogP contribution in [0.15, 0.2) is 36.7 Å². The summed E-state index contributed by atoms with van der Waals surface area (Å²) in [6.45, 7) is 1.85. The van der Waals surface area contributed by atoms with Crippen LogP contribution in [0.5, 0.6) is 0 Å². The lowest BCUT2D eigenvalue weighted by Gasteiger charge is -2.28. The molecule has 2 N–H and O–H groups in total. The minimum Gasteiger partial charge on any atom is -0.477 e. The molecule has 2 aromatic heterocycles. The van der Waals surface area contributed by atoms with Gasteiger partial charge in [0.1, 0.15) is 5.82 Å². The van der Waals surface area contributed by atoms with Gasteiger partial charge in [0.2, 0.25) is 0 Å². The third-order valence-electron chi connectivity index (χ3n) is 5.47. The zero-order valence-electron chi connectivity index (χ0n) is 17.0. The van der Waals surface area contributed by atoms with Gasteiger partial charge in [0, 0.05) is 47.6 Å². The Morgan fingerprint density at radius 3 is 2.50 bits per heavy atom. The van der Waals surface area contributed by atoms with Crippen molar-refractivity contribution in [3.05, 3.63) is 68.7 Å². The summed E-state index contributed by atoms with van der Waals surface area (Å²) in [5.41, 5.74) is 1.77. The molecule has 0 radical (unpaired) electrons. The van der Waals surface area contributed by atoms with Gasteiger partial charge in [-0.25, -0.2) is 9.78 Å². The van der Waals surface area contributed by atoms with E-state index in [0.29, 0.717) is 70.2 Å². The van der Waals surface area contributed by atoms with E-state index in [4.69, 9.17) is 39.8 Å². The second kappa shape index (κ2) is 9.77. The number of likely N-dealkylation sites (tertiary alicyclic amines) is 1. The summed E-state index contributed by atoms with van der Waals surface area (Å²) in [4.78, 5) is 23.3. The van der Waals surface area contributed by atoms with E-state index in [2.05, 4.69) is 9.88 Å². The molecule has 32 heavy (non-hydrogen) atoms. The van der Waals surface area contributed by atoms with Crippen molar-refractivity contribution in [1.82, 2.24) is 19.4 Å². The SMILES string of the molecule is O=C(O)c1c(CN2CCC(O)CC2)nc(-c2cncc(Cl)c2)n1Cc1cc(Cl)ccc1Cl. The highest BCUT2D eigenvalue weighted by Crippen LogP contribution is 2.29. The summed E-state index contributed by atoms with van der Waals surface area (Å²) in [7, 11) is 0. The molecule has 1 aromatic carbocycles. The molecule has 3 heterocycles. The summed E-state index contributed by atoms with van der Waals surface area (Å²) >= 11 is 18.7. The Labute approximate surface area is 200 Å². The van der Waals surface area contributed by atoms with Crippen molar-refractivity contribution in [1.29, 1.82) is 0 Å². The van der Waals surface area contributed by atoms with Gasteiger partial charge in [0.25, 0.3) is 0 Å². The van der Waals surface area contributed by atoms with Gasteiger partial charge in [0.15, 0.2) is 5.69 Å². The third kappa shape index (κ3) is 5.08. The predicted molar refractivity (Wildman–Crippen MR) is 124 cm³/mol. The lowest BCUT2D eigenvalue weighted by atomic mass is 10.1. The van der Waals surface area contributed by atoms with E-state index in [9.17, 15) is 15.0 Å². The van der Waals surface area contributed by atoms with Gasteiger partial charge in [-0.2, -0.15) is 0 Å². The molecule has 0 atom stereocenters. The highest BCUT2D eigenvalue weighted by atomic mass is 35.5. The highest BCUT2D eigenvalue weighted by Gasteiger charge is 2.27. The standard InChI is InChI=1S/C22H21Cl3N4O3/c23-15-1-2-18(25)14(8-15)11-29-20(22(31)32)19(12-28-5-3-17(30)4-6-28)27-21(29)13-7-16(24)10-26-9-13/h1-2,7-10,17,30H,3-6,11-12H2,(H,31,32). The Hall–Kier alpha value is -2.16. The largest absolute Gasteiger partial charge is 0.477 e. The number of rotatable bonds is 6. The molecule has 0 amide bonds. The average molecular weight is 496 g/mol. The van der Waals surface area contributed by atoms with Crippen molar-refractivity contribution in [2.45, 2.75) is 32.0 Å². The van der Waals surface area contributed by atoms with Gasteiger partial charge < -0.3 is 14.8 Å². The molecule has 0 unspecified atom stereocenters. The first-order valence-corrected chi connectivity index (χ1v) is 11.2. The number of piperidine rings is 1. The molecular weight excluding hydrogens is 475 g/mol. The highest BCUT2D eigenvalue weighted by molar-refractivity contribution is 6.33. The van der Waals surface area contributed by atoms with Gasteiger partial charge in [-0.3, -0.25) is 9.88 Å². The van der Waals surface area contributed by atoms with E-state index in [0.717, 1.165) is 0 Å². The quantitative estimate of drug-likeness (QED) is 0.519. The molecule has 1 aliphatic heterocycles. The summed E-state index contributed by atoms with van der Waals surface area (Å²) in [5, 5.41) is 21.3. The molecule has 0 spiro atoms. The molecule has 0 aliphatic carbocycles. The zero-order chi connectivity index (χ0) is 22.8. The van der Waals surface area contributed by atoms with Crippen LogP contribution in [0.4, 0.5) is 0 Å². The summed E-state index contributed by atoms with van der Waals surface area (Å²) in [5.74, 6) is -0.663. The Bertz CT molecular complexity index is 1140. The van der Waals surface area contributed by atoms with Crippen LogP contribution in [0.1, 0.15) is 34.6 Å². The van der Waals surface area contributed by atoms with Crippen LogP contribution in [-0.4, -0.2) is 54.8 Å². The lowest BCUT2D eigenvalue weighted by molar-refractivity contribution is 0.0671. The number of aromatic nitrogens is 3. The minimum atomic E-state index is -1.09. The van der Waals surface area contributed by atoms with Crippen LogP contribution in [0.2, 0.25) is 15.1 Å². The van der Waals surface area contributed by atoms with Crippen LogP contribution in [-0.2, 0) is 13.1 Å². The predicted octanol–water partition coefficient (Wildman–Crippen LogP) is 4.61. The number of hydrogen-bond donors (Lipinski definition) is 2. The van der Waals surface area contributed by atoms with Crippen molar-refractivity contribution in [2.75, 3.05) is 13.1 Å². The smallest absolute Gasteiger partial charge is 0.354 e. The number of carboxylic acid groups (broad SMARTS) is 1. The first kappa shape index (κ1) is 23.0. The number of nitrogens with zero attached hydrogens (tertiary/aromatic N) is 4. The van der Waals surface area contributed by atoms with Gasteiger partial charge in [0.05, 0.1) is 23.4 Å². The topological polar surface area (TPSA) is 91.5 Å². The van der Waals surface area contributed by atoms with Gasteiger partial charge in [-0.1, -0.05) is 34.8 Å². The molecule has 3 aromatic rings. The maximum atomic E-state index is 12.4. The minimum absolute atomic E-state index is 0.0714. The molecule has 168 valence electrons. The molecular formula is C22H21Cl3N4O3. The number of aliphatic hydroxyl groups excluding tert-OH is 1. The van der Waals surface area contributed by atoms with E-state index in [-0.39, 0.29) is 18.3 Å². The fraction of sp³-hybridized carbons (Fsp3) is 0.318. The van der Waals surface area contributed by atoms with Crippen molar-refractivity contribution < 1.29 is 15.0 Å². The van der Waals surface area contributed by atoms with E-state index in [1.165, 1.54) is 6.20 Å². The molecule has 0 bridgehead atoms. The third-order valence-corrected chi connectivity index (χ3v) is 6.28. The van der Waals surface area contributed by atoms with Crippen molar-refractivity contribution in [3.8, 4) is 11.4 Å². The molecule has 4 rings (SSSR count). The maximum absolute atomic E-state index is 12.4. The summed E-state index contributed by atoms with van der Waals surface area (Å²) in [6, 6.07) is 6.76. The van der Waals surface area contributed by atoms with Crippen molar-refractivity contribution >= 4 is 40.8 Å². The maximum Gasteiger partial charge on any atom is 0.354 e. The Kier molecular flexibility index (Phi) is 7.02. The monoisotopic (exact) mass is 494 g/mol. The zero-order valence-corrected chi connectivity index (χ0v) is 19.3. The number of aromatic carboxylic acids is 1. The van der Waals surface area contributed by atoms with Crippen LogP contribution in [0.3, 0.4) is 0 Å². The molecule has 1 aliphatic rings. The van der Waals surface area contributed by atoms with Crippen LogP contribution < -0.4 is 0 Å². The van der Waals surface area contributed by atoms with Crippen molar-refractivity contribution in [2.24, 2.45) is 0 Å². The molecule has 10 heteroatoms. The van der Waals surface area contributed by atoms with Gasteiger partial charge in [-0.05, 0) is 42.7 Å². The number of carbonyl (C=O) groups is 1. The fourth-order valence-electron chi connectivity index (χ4n) is 3.88. The summed E-state index contributed by atoms with van der Waals surface area (Å²) in [6.07, 6.45) is 4.07. The Balaban J connectivity index is 1.81. The normalized spacial score (nSPS) is 15.2. The average Bonchev–Trinajstić information content (AvgIpc) is 3.10.